The van der Waals surface area contributed by atoms with E-state index in [0.29, 0.717) is 4.90 Å². The van der Waals surface area contributed by atoms with Crippen molar-refractivity contribution in [1.82, 2.24) is 0 Å². The Bertz CT molecular complexity index is 327. The van der Waals surface area contributed by atoms with Gasteiger partial charge in [0, 0.05) is 9.22 Å². The third-order valence-corrected chi connectivity index (χ3v) is 2.68. The van der Waals surface area contributed by atoms with Crippen LogP contribution in [-0.4, -0.2) is 13.1 Å². The Morgan fingerprint density at radius 3 is 2.21 bits per heavy atom. The van der Waals surface area contributed by atoms with E-state index in [9.17, 15) is 8.76 Å². The molecule has 0 fully saturated rings. The van der Waals surface area contributed by atoms with Crippen LogP contribution in [0.2, 0.25) is 0 Å². The van der Waals surface area contributed by atoms with Crippen LogP contribution >= 0.6 is 15.9 Å². The second kappa shape index (κ2) is 4.55. The van der Waals surface area contributed by atoms with Gasteiger partial charge in [-0.2, -0.15) is 0 Å². The molecule has 0 spiro atoms. The molecule has 0 aromatic heterocycles. The van der Waals surface area contributed by atoms with E-state index in [0.717, 1.165) is 12.0 Å². The van der Waals surface area contributed by atoms with Gasteiger partial charge in [-0.25, -0.2) is 0 Å². The summed E-state index contributed by atoms with van der Waals surface area (Å²) in [5, 5.41) is 0. The summed E-state index contributed by atoms with van der Waals surface area (Å²) in [6, 6.07) is 6.93. The molecule has 0 radical (unpaired) electrons. The van der Waals surface area contributed by atoms with E-state index >= 15 is 0 Å². The van der Waals surface area contributed by atoms with Crippen LogP contribution in [0.3, 0.4) is 0 Å². The maximum absolute atomic E-state index is 10.6. The molecule has 1 rings (SSSR count). The standard InChI is InChI=1S/C10H13BrO2S/c1-10(2,11)7-8-3-5-9(6-4-8)14(12)13/h3-6H,7H2,1-2H3,(H,12,13)/p-1. The molecule has 1 aromatic carbocycles. The first-order valence-corrected chi connectivity index (χ1v) is 6.12. The molecule has 0 aliphatic heterocycles. The highest BCUT2D eigenvalue weighted by Crippen LogP contribution is 2.22. The summed E-state index contributed by atoms with van der Waals surface area (Å²) in [6.45, 7) is 4.15. The van der Waals surface area contributed by atoms with Crippen LogP contribution in [0, 0.1) is 0 Å². The molecule has 0 N–H and O–H groups in total. The van der Waals surface area contributed by atoms with Crippen molar-refractivity contribution in [3.05, 3.63) is 29.8 Å². The lowest BCUT2D eigenvalue weighted by Crippen LogP contribution is -2.13. The van der Waals surface area contributed by atoms with Crippen molar-refractivity contribution in [2.24, 2.45) is 0 Å². The highest BCUT2D eigenvalue weighted by Gasteiger charge is 2.12. The van der Waals surface area contributed by atoms with Crippen molar-refractivity contribution in [3.8, 4) is 0 Å². The van der Waals surface area contributed by atoms with E-state index < -0.39 is 11.1 Å². The van der Waals surface area contributed by atoms with Crippen LogP contribution in [-0.2, 0) is 17.5 Å². The van der Waals surface area contributed by atoms with E-state index in [1.165, 1.54) is 0 Å². The minimum Gasteiger partial charge on any atom is -0.768 e. The summed E-state index contributed by atoms with van der Waals surface area (Å²) in [6.07, 6.45) is 0.874. The summed E-state index contributed by atoms with van der Waals surface area (Å²) in [4.78, 5) is 0.334. The maximum atomic E-state index is 10.6. The fourth-order valence-electron chi connectivity index (χ4n) is 1.20. The predicted octanol–water partition coefficient (Wildman–Crippen LogP) is 2.64. The fraction of sp³-hybridized carbons (Fsp3) is 0.400. The molecule has 1 unspecified atom stereocenters. The van der Waals surface area contributed by atoms with Crippen molar-refractivity contribution in [2.45, 2.75) is 29.5 Å². The third-order valence-electron chi connectivity index (χ3n) is 1.74. The zero-order chi connectivity index (χ0) is 10.8. The van der Waals surface area contributed by atoms with Gasteiger partial charge in [-0.15, -0.1) is 0 Å². The summed E-state index contributed by atoms with van der Waals surface area (Å²) in [5.74, 6) is 0. The molecular formula is C10H12BrO2S-. The zero-order valence-corrected chi connectivity index (χ0v) is 10.5. The maximum Gasteiger partial charge on any atom is 0.0248 e. The van der Waals surface area contributed by atoms with Gasteiger partial charge < -0.3 is 4.55 Å². The molecule has 4 heteroatoms. The van der Waals surface area contributed by atoms with Crippen molar-refractivity contribution in [2.75, 3.05) is 0 Å². The topological polar surface area (TPSA) is 40.1 Å². The number of alkyl halides is 1. The Morgan fingerprint density at radius 1 is 1.36 bits per heavy atom. The molecule has 0 heterocycles. The third kappa shape index (κ3) is 3.90. The summed E-state index contributed by atoms with van der Waals surface area (Å²) < 4.78 is 21.2. The number of benzene rings is 1. The molecule has 0 saturated heterocycles. The Labute approximate surface area is 95.1 Å². The number of hydrogen-bond donors (Lipinski definition) is 0. The van der Waals surface area contributed by atoms with Crippen molar-refractivity contribution in [1.29, 1.82) is 0 Å². The average molecular weight is 276 g/mol. The van der Waals surface area contributed by atoms with E-state index in [1.807, 2.05) is 12.1 Å². The number of halogens is 1. The van der Waals surface area contributed by atoms with Gasteiger partial charge in [0.2, 0.25) is 0 Å². The molecule has 14 heavy (non-hydrogen) atoms. The van der Waals surface area contributed by atoms with Gasteiger partial charge in [-0.3, -0.25) is 4.21 Å². The van der Waals surface area contributed by atoms with E-state index in [1.54, 1.807) is 12.1 Å². The molecule has 0 saturated carbocycles. The molecule has 0 bridgehead atoms. The minimum atomic E-state index is -2.12. The van der Waals surface area contributed by atoms with Crippen molar-refractivity contribution in [3.63, 3.8) is 0 Å². The lowest BCUT2D eigenvalue weighted by molar-refractivity contribution is 0.537. The normalized spacial score (nSPS) is 14.0. The van der Waals surface area contributed by atoms with Gasteiger partial charge in [0.05, 0.1) is 0 Å². The summed E-state index contributed by atoms with van der Waals surface area (Å²) >= 11 is 1.42. The molecule has 0 amide bonds. The molecule has 0 aliphatic carbocycles. The second-order valence-corrected chi connectivity index (χ2v) is 6.86. The van der Waals surface area contributed by atoms with Crippen LogP contribution in [0.1, 0.15) is 19.4 Å². The number of rotatable bonds is 3. The number of hydrogen-bond acceptors (Lipinski definition) is 2. The van der Waals surface area contributed by atoms with Crippen molar-refractivity contribution < 1.29 is 8.76 Å². The van der Waals surface area contributed by atoms with Crippen LogP contribution < -0.4 is 0 Å². The lowest BCUT2D eigenvalue weighted by atomic mass is 10.0. The van der Waals surface area contributed by atoms with Crippen molar-refractivity contribution >= 4 is 27.0 Å². The summed E-state index contributed by atoms with van der Waals surface area (Å²) in [7, 11) is 0. The first-order valence-electron chi connectivity index (χ1n) is 4.25. The summed E-state index contributed by atoms with van der Waals surface area (Å²) in [5.41, 5.74) is 1.13. The van der Waals surface area contributed by atoms with Gasteiger partial charge >= 0.3 is 0 Å². The SMILES string of the molecule is CC(C)(Br)Cc1ccc(S(=O)[O-])cc1. The highest BCUT2D eigenvalue weighted by molar-refractivity contribution is 9.10. The largest absolute Gasteiger partial charge is 0.768 e. The van der Waals surface area contributed by atoms with E-state index in [4.69, 9.17) is 0 Å². The van der Waals surface area contributed by atoms with Gasteiger partial charge in [0.1, 0.15) is 0 Å². The Morgan fingerprint density at radius 2 is 1.86 bits per heavy atom. The Kier molecular flexibility index (Phi) is 3.86. The quantitative estimate of drug-likeness (QED) is 0.629. The monoisotopic (exact) mass is 275 g/mol. The zero-order valence-electron chi connectivity index (χ0n) is 8.12. The minimum absolute atomic E-state index is 0.0468. The van der Waals surface area contributed by atoms with Crippen LogP contribution in [0.5, 0.6) is 0 Å². The smallest absolute Gasteiger partial charge is 0.0248 e. The molecule has 78 valence electrons. The van der Waals surface area contributed by atoms with Gasteiger partial charge in [0.15, 0.2) is 0 Å². The lowest BCUT2D eigenvalue weighted by Gasteiger charge is -2.16. The van der Waals surface area contributed by atoms with Crippen LogP contribution in [0.4, 0.5) is 0 Å². The Hall–Kier alpha value is -0.190. The first-order chi connectivity index (χ1) is 6.38. The molecule has 1 atom stereocenters. The van der Waals surface area contributed by atoms with Gasteiger partial charge in [0.25, 0.3) is 0 Å². The molecule has 0 aliphatic rings. The average Bonchev–Trinajstić information content (AvgIpc) is 2.02. The fourth-order valence-corrected chi connectivity index (χ4v) is 1.89. The van der Waals surface area contributed by atoms with Gasteiger partial charge in [-0.1, -0.05) is 28.1 Å². The Balaban J connectivity index is 2.79. The predicted molar refractivity (Wildman–Crippen MR) is 60.3 cm³/mol. The van der Waals surface area contributed by atoms with E-state index in [-0.39, 0.29) is 4.32 Å². The van der Waals surface area contributed by atoms with E-state index in [2.05, 4.69) is 29.8 Å². The van der Waals surface area contributed by atoms with Crippen LogP contribution in [0.25, 0.3) is 0 Å². The second-order valence-electron chi connectivity index (χ2n) is 3.77. The van der Waals surface area contributed by atoms with Gasteiger partial charge in [-0.05, 0) is 49.0 Å². The first kappa shape index (κ1) is 11.9. The molecule has 1 aromatic rings. The van der Waals surface area contributed by atoms with Crippen LogP contribution in [0.15, 0.2) is 29.2 Å². The molecular weight excluding hydrogens is 264 g/mol. The highest BCUT2D eigenvalue weighted by atomic mass is 79.9. The molecule has 2 nitrogen and oxygen atoms in total.